The van der Waals surface area contributed by atoms with Gasteiger partial charge in [0.15, 0.2) is 5.58 Å². The molecule has 0 bridgehead atoms. The van der Waals surface area contributed by atoms with Gasteiger partial charge in [0.25, 0.3) is 0 Å². The second-order valence-corrected chi connectivity index (χ2v) is 5.79. The molecule has 0 saturated heterocycles. The molecular formula is C21H12FNO. The van der Waals surface area contributed by atoms with Crippen LogP contribution in [-0.2, 0) is 0 Å². The van der Waals surface area contributed by atoms with Crippen molar-refractivity contribution in [3.63, 3.8) is 0 Å². The van der Waals surface area contributed by atoms with Crippen LogP contribution < -0.4 is 0 Å². The lowest BCUT2D eigenvalue weighted by molar-refractivity contribution is 0.618. The summed E-state index contributed by atoms with van der Waals surface area (Å²) >= 11 is 0. The van der Waals surface area contributed by atoms with Crippen LogP contribution in [-0.4, -0.2) is 4.98 Å². The Labute approximate surface area is 137 Å². The summed E-state index contributed by atoms with van der Waals surface area (Å²) in [7, 11) is 0. The van der Waals surface area contributed by atoms with Crippen molar-refractivity contribution in [1.29, 1.82) is 0 Å². The van der Waals surface area contributed by atoms with Crippen LogP contribution in [0.4, 0.5) is 4.39 Å². The SMILES string of the molecule is Fc1ccc(-c2nc3c4ccccc4c4ccccc4c3o2)cc1. The molecule has 0 N–H and O–H groups in total. The molecule has 0 saturated carbocycles. The van der Waals surface area contributed by atoms with Crippen molar-refractivity contribution < 1.29 is 8.81 Å². The van der Waals surface area contributed by atoms with E-state index < -0.39 is 0 Å². The number of aromatic nitrogens is 1. The summed E-state index contributed by atoms with van der Waals surface area (Å²) in [6.07, 6.45) is 0. The van der Waals surface area contributed by atoms with Gasteiger partial charge in [0.2, 0.25) is 5.89 Å². The van der Waals surface area contributed by atoms with E-state index in [1.54, 1.807) is 12.1 Å². The number of nitrogens with zero attached hydrogens (tertiary/aromatic N) is 1. The molecule has 0 radical (unpaired) electrons. The summed E-state index contributed by atoms with van der Waals surface area (Å²) in [6, 6.07) is 22.6. The number of benzene rings is 4. The second-order valence-electron chi connectivity index (χ2n) is 5.79. The molecule has 5 rings (SSSR count). The fourth-order valence-electron chi connectivity index (χ4n) is 3.24. The monoisotopic (exact) mass is 313 g/mol. The average molecular weight is 313 g/mol. The molecule has 0 atom stereocenters. The van der Waals surface area contributed by atoms with Crippen molar-refractivity contribution in [1.82, 2.24) is 4.98 Å². The van der Waals surface area contributed by atoms with E-state index in [-0.39, 0.29) is 5.82 Å². The highest BCUT2D eigenvalue weighted by Gasteiger charge is 2.15. The first kappa shape index (κ1) is 13.3. The number of rotatable bonds is 1. The van der Waals surface area contributed by atoms with Crippen LogP contribution in [0.2, 0.25) is 0 Å². The minimum absolute atomic E-state index is 0.272. The van der Waals surface area contributed by atoms with E-state index in [1.165, 1.54) is 12.1 Å². The van der Waals surface area contributed by atoms with Crippen molar-refractivity contribution in [2.24, 2.45) is 0 Å². The molecule has 3 heteroatoms. The largest absolute Gasteiger partial charge is 0.435 e. The van der Waals surface area contributed by atoms with Gasteiger partial charge in [0.1, 0.15) is 11.3 Å². The smallest absolute Gasteiger partial charge is 0.227 e. The third-order valence-corrected chi connectivity index (χ3v) is 4.36. The summed E-state index contributed by atoms with van der Waals surface area (Å²) in [4.78, 5) is 4.70. The molecule has 114 valence electrons. The van der Waals surface area contributed by atoms with E-state index in [9.17, 15) is 4.39 Å². The number of halogens is 1. The zero-order valence-corrected chi connectivity index (χ0v) is 12.7. The van der Waals surface area contributed by atoms with Crippen LogP contribution >= 0.6 is 0 Å². The van der Waals surface area contributed by atoms with Crippen LogP contribution in [0.1, 0.15) is 0 Å². The lowest BCUT2D eigenvalue weighted by atomic mass is 10.0. The molecule has 0 fully saturated rings. The minimum atomic E-state index is -0.272. The molecule has 0 amide bonds. The van der Waals surface area contributed by atoms with Crippen LogP contribution in [0, 0.1) is 5.82 Å². The number of hydrogen-bond acceptors (Lipinski definition) is 2. The number of fused-ring (bicyclic) bond motifs is 6. The van der Waals surface area contributed by atoms with E-state index in [2.05, 4.69) is 18.2 Å². The first-order valence-electron chi connectivity index (χ1n) is 7.77. The van der Waals surface area contributed by atoms with E-state index in [4.69, 9.17) is 9.40 Å². The molecule has 0 aliphatic carbocycles. The predicted molar refractivity (Wildman–Crippen MR) is 94.4 cm³/mol. The Kier molecular flexibility index (Phi) is 2.71. The Morgan fingerprint density at radius 3 is 1.96 bits per heavy atom. The fourth-order valence-corrected chi connectivity index (χ4v) is 3.24. The van der Waals surface area contributed by atoms with Crippen molar-refractivity contribution >= 4 is 32.6 Å². The van der Waals surface area contributed by atoms with Gasteiger partial charge in [-0.3, -0.25) is 0 Å². The third kappa shape index (κ3) is 1.85. The topological polar surface area (TPSA) is 26.0 Å². The third-order valence-electron chi connectivity index (χ3n) is 4.36. The van der Waals surface area contributed by atoms with E-state index >= 15 is 0 Å². The highest BCUT2D eigenvalue weighted by atomic mass is 19.1. The van der Waals surface area contributed by atoms with Crippen LogP contribution in [0.5, 0.6) is 0 Å². The van der Waals surface area contributed by atoms with Crippen molar-refractivity contribution in [2.45, 2.75) is 0 Å². The summed E-state index contributed by atoms with van der Waals surface area (Å²) in [6.45, 7) is 0. The van der Waals surface area contributed by atoms with Crippen molar-refractivity contribution in [3.05, 3.63) is 78.6 Å². The Hall–Kier alpha value is -3.20. The Balaban J connectivity index is 1.93. The van der Waals surface area contributed by atoms with Gasteiger partial charge in [-0.2, -0.15) is 0 Å². The average Bonchev–Trinajstić information content (AvgIpc) is 3.08. The van der Waals surface area contributed by atoms with Gasteiger partial charge in [0.05, 0.1) is 0 Å². The second kappa shape index (κ2) is 4.90. The molecule has 24 heavy (non-hydrogen) atoms. The summed E-state index contributed by atoms with van der Waals surface area (Å²) in [5.41, 5.74) is 2.37. The van der Waals surface area contributed by atoms with Gasteiger partial charge in [-0.05, 0) is 35.0 Å². The first-order valence-corrected chi connectivity index (χ1v) is 7.77. The van der Waals surface area contributed by atoms with Crippen molar-refractivity contribution in [3.8, 4) is 11.5 Å². The van der Waals surface area contributed by atoms with Gasteiger partial charge >= 0.3 is 0 Å². The molecule has 1 aromatic heterocycles. The molecule has 0 unspecified atom stereocenters. The number of oxazole rings is 1. The zero-order chi connectivity index (χ0) is 16.1. The highest BCUT2D eigenvalue weighted by molar-refractivity contribution is 6.22. The lowest BCUT2D eigenvalue weighted by Crippen LogP contribution is -1.81. The quantitative estimate of drug-likeness (QED) is 0.358. The maximum absolute atomic E-state index is 13.2. The Bertz CT molecular complexity index is 1130. The summed E-state index contributed by atoms with van der Waals surface area (Å²) < 4.78 is 19.3. The molecule has 4 aromatic carbocycles. The fraction of sp³-hybridized carbons (Fsp3) is 0. The molecule has 0 aliphatic rings. The van der Waals surface area contributed by atoms with Crippen LogP contribution in [0.15, 0.2) is 77.2 Å². The Morgan fingerprint density at radius 2 is 1.25 bits per heavy atom. The van der Waals surface area contributed by atoms with Gasteiger partial charge in [-0.15, -0.1) is 0 Å². The van der Waals surface area contributed by atoms with Crippen LogP contribution in [0.3, 0.4) is 0 Å². The number of hydrogen-bond donors (Lipinski definition) is 0. The maximum atomic E-state index is 13.2. The van der Waals surface area contributed by atoms with Crippen molar-refractivity contribution in [2.75, 3.05) is 0 Å². The minimum Gasteiger partial charge on any atom is -0.435 e. The lowest BCUT2D eigenvalue weighted by Gasteiger charge is -2.04. The van der Waals surface area contributed by atoms with Gasteiger partial charge in [0, 0.05) is 16.3 Å². The van der Waals surface area contributed by atoms with E-state index in [0.717, 1.165) is 38.2 Å². The normalized spacial score (nSPS) is 11.5. The molecule has 0 spiro atoms. The van der Waals surface area contributed by atoms with Gasteiger partial charge in [-0.25, -0.2) is 9.37 Å². The van der Waals surface area contributed by atoms with E-state index in [0.29, 0.717) is 5.89 Å². The molecule has 2 nitrogen and oxygen atoms in total. The van der Waals surface area contributed by atoms with E-state index in [1.807, 2.05) is 30.3 Å². The molecular weight excluding hydrogens is 301 g/mol. The summed E-state index contributed by atoms with van der Waals surface area (Å²) in [5, 5.41) is 4.39. The van der Waals surface area contributed by atoms with Gasteiger partial charge in [-0.1, -0.05) is 48.5 Å². The zero-order valence-electron chi connectivity index (χ0n) is 12.7. The highest BCUT2D eigenvalue weighted by Crippen LogP contribution is 2.36. The molecule has 0 aliphatic heterocycles. The predicted octanol–water partition coefficient (Wildman–Crippen LogP) is 5.94. The standard InChI is InChI=1S/C21H12FNO/c22-14-11-9-13(10-12-14)21-23-19-17-7-3-1-5-15(17)16-6-2-4-8-18(16)20(19)24-21/h1-12H. The van der Waals surface area contributed by atoms with Gasteiger partial charge < -0.3 is 4.42 Å². The first-order chi connectivity index (χ1) is 11.8. The maximum Gasteiger partial charge on any atom is 0.227 e. The summed E-state index contributed by atoms with van der Waals surface area (Å²) in [5.74, 6) is 0.234. The molecule has 1 heterocycles. The Morgan fingerprint density at radius 1 is 0.667 bits per heavy atom. The molecule has 5 aromatic rings. The van der Waals surface area contributed by atoms with Crippen LogP contribution in [0.25, 0.3) is 44.1 Å².